The van der Waals surface area contributed by atoms with Gasteiger partial charge in [0.1, 0.15) is 7.28 Å². The fourth-order valence-electron chi connectivity index (χ4n) is 5.03. The molecule has 92 valence electrons. The molecule has 2 aliphatic carbocycles. The monoisotopic (exact) mass is 228 g/mol. The van der Waals surface area contributed by atoms with Crippen LogP contribution < -0.4 is 0 Å². The van der Waals surface area contributed by atoms with Crippen molar-refractivity contribution in [3.63, 3.8) is 0 Å². The van der Waals surface area contributed by atoms with Gasteiger partial charge in [-0.05, 0) is 29.5 Å². The largest absolute Gasteiger partial charge is 0.136 e. The lowest BCUT2D eigenvalue weighted by Gasteiger charge is -2.62. The summed E-state index contributed by atoms with van der Waals surface area (Å²) in [7, 11) is 1.47. The lowest BCUT2D eigenvalue weighted by atomic mass is 9.19. The molecule has 2 saturated heterocycles. The molecule has 4 unspecified atom stereocenters. The maximum absolute atomic E-state index is 2.54. The smallest absolute Gasteiger partial charge is 0.0810 e. The van der Waals surface area contributed by atoms with Gasteiger partial charge < -0.3 is 0 Å². The molecule has 2 aliphatic heterocycles. The third-order valence-corrected chi connectivity index (χ3v) is 6.00. The van der Waals surface area contributed by atoms with Gasteiger partial charge in [-0.1, -0.05) is 69.7 Å². The van der Waals surface area contributed by atoms with E-state index in [9.17, 15) is 0 Å². The summed E-state index contributed by atoms with van der Waals surface area (Å²) in [5, 5.41) is 1.28. The highest BCUT2D eigenvalue weighted by Crippen LogP contribution is 2.70. The fraction of sp³-hybridized carbons (Fsp3) is 0.750. The van der Waals surface area contributed by atoms with Crippen molar-refractivity contribution in [2.24, 2.45) is 17.8 Å². The zero-order valence-electron chi connectivity index (χ0n) is 11.6. The van der Waals surface area contributed by atoms with Crippen LogP contribution in [0, 0.1) is 17.8 Å². The molecule has 0 nitrogen and oxygen atoms in total. The van der Waals surface area contributed by atoms with Crippen LogP contribution in [-0.4, -0.2) is 7.28 Å². The standard InChI is InChI=1S/C16H25B/c1-12(2)16-10-6-8-13-7-4-5-9-14(13)15(3,11-16)17-16/h4-5,7,9,12-14,17H,6,8,10-11H2,1-3H3. The molecule has 2 heterocycles. The molecule has 0 radical (unpaired) electrons. The highest BCUT2D eigenvalue weighted by molar-refractivity contribution is 6.49. The molecule has 1 saturated carbocycles. The molecule has 0 spiro atoms. The van der Waals surface area contributed by atoms with Crippen LogP contribution in [0.2, 0.25) is 10.6 Å². The second-order valence-corrected chi connectivity index (χ2v) is 7.38. The Morgan fingerprint density at radius 3 is 2.65 bits per heavy atom. The summed E-state index contributed by atoms with van der Waals surface area (Å²) in [6.07, 6.45) is 15.3. The molecular formula is C16H25B. The van der Waals surface area contributed by atoms with E-state index >= 15 is 0 Å². The Morgan fingerprint density at radius 2 is 1.94 bits per heavy atom. The molecule has 0 N–H and O–H groups in total. The normalized spacial score (nSPS) is 47.8. The molecule has 0 aromatic heterocycles. The summed E-state index contributed by atoms with van der Waals surface area (Å²) < 4.78 is 0. The lowest BCUT2D eigenvalue weighted by molar-refractivity contribution is 0.162. The SMILES string of the molecule is CC(C)C12BC(C)(C1)C1C=CC=CC1CCC2. The summed E-state index contributed by atoms with van der Waals surface area (Å²) in [4.78, 5) is 0. The third-order valence-electron chi connectivity index (χ3n) is 6.00. The maximum atomic E-state index is 2.54. The Balaban J connectivity index is 1.87. The minimum atomic E-state index is 0.594. The van der Waals surface area contributed by atoms with Gasteiger partial charge in [0.25, 0.3) is 0 Å². The Morgan fingerprint density at radius 1 is 1.24 bits per heavy atom. The predicted octanol–water partition coefficient (Wildman–Crippen LogP) is 4.36. The third kappa shape index (κ3) is 1.65. The van der Waals surface area contributed by atoms with Crippen molar-refractivity contribution < 1.29 is 0 Å². The van der Waals surface area contributed by atoms with Crippen LogP contribution in [0.15, 0.2) is 24.3 Å². The highest BCUT2D eigenvalue weighted by Gasteiger charge is 2.58. The molecule has 4 aliphatic rings. The first-order chi connectivity index (χ1) is 8.06. The van der Waals surface area contributed by atoms with E-state index in [0.29, 0.717) is 10.6 Å². The van der Waals surface area contributed by atoms with E-state index < -0.39 is 0 Å². The molecule has 0 aromatic carbocycles. The minimum Gasteiger partial charge on any atom is -0.0810 e. The van der Waals surface area contributed by atoms with E-state index in [2.05, 4.69) is 45.1 Å². The van der Waals surface area contributed by atoms with Crippen molar-refractivity contribution in [1.82, 2.24) is 0 Å². The average Bonchev–Trinajstić information content (AvgIpc) is 2.23. The summed E-state index contributed by atoms with van der Waals surface area (Å²) in [6.45, 7) is 7.42. The van der Waals surface area contributed by atoms with Crippen molar-refractivity contribution in [1.29, 1.82) is 0 Å². The van der Waals surface area contributed by atoms with Gasteiger partial charge in [-0.3, -0.25) is 0 Å². The van der Waals surface area contributed by atoms with Gasteiger partial charge in [-0.25, -0.2) is 0 Å². The van der Waals surface area contributed by atoms with Gasteiger partial charge in [-0.15, -0.1) is 0 Å². The molecule has 17 heavy (non-hydrogen) atoms. The lowest BCUT2D eigenvalue weighted by Crippen LogP contribution is -2.52. The van der Waals surface area contributed by atoms with Crippen LogP contribution >= 0.6 is 0 Å². The van der Waals surface area contributed by atoms with Crippen LogP contribution in [0.25, 0.3) is 0 Å². The molecular weight excluding hydrogens is 203 g/mol. The van der Waals surface area contributed by atoms with Crippen molar-refractivity contribution >= 4 is 7.28 Å². The highest BCUT2D eigenvalue weighted by atomic mass is 14.5. The van der Waals surface area contributed by atoms with E-state index in [-0.39, 0.29) is 0 Å². The molecule has 3 fully saturated rings. The van der Waals surface area contributed by atoms with E-state index in [1.54, 1.807) is 0 Å². The summed E-state index contributed by atoms with van der Waals surface area (Å²) in [5.41, 5.74) is 0. The van der Waals surface area contributed by atoms with Crippen LogP contribution in [0.3, 0.4) is 0 Å². The predicted molar refractivity (Wildman–Crippen MR) is 76.8 cm³/mol. The van der Waals surface area contributed by atoms with Crippen LogP contribution in [-0.2, 0) is 0 Å². The fourth-order valence-corrected chi connectivity index (χ4v) is 5.03. The number of allylic oxidation sites excluding steroid dienone is 4. The molecule has 0 amide bonds. The maximum Gasteiger partial charge on any atom is 0.136 e. The molecule has 1 heteroatoms. The van der Waals surface area contributed by atoms with Crippen molar-refractivity contribution in [2.75, 3.05) is 0 Å². The van der Waals surface area contributed by atoms with Crippen LogP contribution in [0.5, 0.6) is 0 Å². The number of rotatable bonds is 1. The molecule has 2 bridgehead atoms. The quantitative estimate of drug-likeness (QED) is 0.585. The van der Waals surface area contributed by atoms with Gasteiger partial charge in [0, 0.05) is 0 Å². The van der Waals surface area contributed by atoms with Crippen LogP contribution in [0.1, 0.15) is 46.5 Å². The summed E-state index contributed by atoms with van der Waals surface area (Å²) in [6, 6.07) is 0. The first-order valence-corrected chi connectivity index (χ1v) is 7.41. The van der Waals surface area contributed by atoms with Crippen molar-refractivity contribution in [2.45, 2.75) is 57.1 Å². The Hall–Kier alpha value is -0.455. The van der Waals surface area contributed by atoms with Gasteiger partial charge in [-0.2, -0.15) is 0 Å². The van der Waals surface area contributed by atoms with E-state index in [1.165, 1.54) is 33.0 Å². The van der Waals surface area contributed by atoms with Gasteiger partial charge in [0.15, 0.2) is 0 Å². The Kier molecular flexibility index (Phi) is 2.58. The Bertz CT molecular complexity index is 358. The summed E-state index contributed by atoms with van der Waals surface area (Å²) >= 11 is 0. The Labute approximate surface area is 107 Å². The average molecular weight is 228 g/mol. The zero-order valence-corrected chi connectivity index (χ0v) is 11.6. The number of hydrogen-bond acceptors (Lipinski definition) is 0. The first kappa shape index (κ1) is 11.6. The van der Waals surface area contributed by atoms with E-state index in [4.69, 9.17) is 0 Å². The first-order valence-electron chi connectivity index (χ1n) is 7.41. The van der Waals surface area contributed by atoms with Gasteiger partial charge in [0.2, 0.25) is 0 Å². The topological polar surface area (TPSA) is 0 Å². The van der Waals surface area contributed by atoms with Crippen molar-refractivity contribution in [3.8, 4) is 0 Å². The second kappa shape index (κ2) is 3.77. The molecule has 0 aromatic rings. The van der Waals surface area contributed by atoms with Crippen LogP contribution in [0.4, 0.5) is 0 Å². The number of hydrogen-bond donors (Lipinski definition) is 0. The summed E-state index contributed by atoms with van der Waals surface area (Å²) in [5.74, 6) is 2.52. The number of fused-ring (bicyclic) bond motifs is 2. The molecule has 4 atom stereocenters. The van der Waals surface area contributed by atoms with Gasteiger partial charge >= 0.3 is 0 Å². The van der Waals surface area contributed by atoms with Gasteiger partial charge in [0.05, 0.1) is 0 Å². The molecule has 4 rings (SSSR count). The zero-order chi connectivity index (χ0) is 12.1. The minimum absolute atomic E-state index is 0.594. The van der Waals surface area contributed by atoms with E-state index in [1.807, 2.05) is 0 Å². The second-order valence-electron chi connectivity index (χ2n) is 7.38. The van der Waals surface area contributed by atoms with Crippen molar-refractivity contribution in [3.05, 3.63) is 24.3 Å². The van der Waals surface area contributed by atoms with E-state index in [0.717, 1.165) is 17.8 Å².